The predicted molar refractivity (Wildman–Crippen MR) is 155 cm³/mol. The van der Waals surface area contributed by atoms with E-state index in [1.165, 1.54) is 29.5 Å². The van der Waals surface area contributed by atoms with E-state index >= 15 is 0 Å². The Bertz CT molecular complexity index is 1130. The van der Waals surface area contributed by atoms with Crippen molar-refractivity contribution in [1.29, 1.82) is 0 Å². The second-order valence-corrected chi connectivity index (χ2v) is 17.9. The number of benzene rings is 2. The third-order valence-electron chi connectivity index (χ3n) is 8.36. The standard InChI is InChI=1S/C32H46O3Si/c1-11-34-29(33)25-14-12-13-24(21-25)26(22-35-36(9,10)30(2,3)4)19-23-15-16-27-28(20-23)32(7,8)18-17-31(27,5)6/h12-16,19-21H,11,17-18,22H2,1-10H3. The van der Waals surface area contributed by atoms with Crippen molar-refractivity contribution in [1.82, 2.24) is 0 Å². The van der Waals surface area contributed by atoms with Gasteiger partial charge in [0.05, 0.1) is 18.8 Å². The van der Waals surface area contributed by atoms with Gasteiger partial charge in [-0.1, -0.05) is 78.8 Å². The average molecular weight is 507 g/mol. The van der Waals surface area contributed by atoms with Gasteiger partial charge < -0.3 is 9.16 Å². The number of carbonyl (C=O) groups excluding carboxylic acids is 1. The van der Waals surface area contributed by atoms with E-state index in [2.05, 4.69) is 91.9 Å². The van der Waals surface area contributed by atoms with Crippen molar-refractivity contribution in [2.24, 2.45) is 0 Å². The van der Waals surface area contributed by atoms with E-state index in [1.54, 1.807) is 0 Å². The molecule has 0 bridgehead atoms. The normalized spacial score (nSPS) is 17.4. The van der Waals surface area contributed by atoms with Crippen molar-refractivity contribution in [3.05, 3.63) is 70.3 Å². The first-order valence-corrected chi connectivity index (χ1v) is 16.3. The van der Waals surface area contributed by atoms with Crippen molar-refractivity contribution in [3.63, 3.8) is 0 Å². The Morgan fingerprint density at radius 3 is 2.17 bits per heavy atom. The molecule has 1 aliphatic carbocycles. The highest BCUT2D eigenvalue weighted by Gasteiger charge is 2.38. The van der Waals surface area contributed by atoms with Crippen LogP contribution in [0.25, 0.3) is 11.6 Å². The average Bonchev–Trinajstić information content (AvgIpc) is 2.79. The first-order chi connectivity index (χ1) is 16.6. The van der Waals surface area contributed by atoms with Gasteiger partial charge in [-0.05, 0) is 94.8 Å². The Balaban J connectivity index is 2.08. The number of carbonyl (C=O) groups is 1. The van der Waals surface area contributed by atoms with Gasteiger partial charge in [0.1, 0.15) is 0 Å². The lowest BCUT2D eigenvalue weighted by molar-refractivity contribution is 0.0526. The Hall–Kier alpha value is -2.17. The van der Waals surface area contributed by atoms with E-state index in [4.69, 9.17) is 9.16 Å². The minimum absolute atomic E-state index is 0.117. The monoisotopic (exact) mass is 506 g/mol. The summed E-state index contributed by atoms with van der Waals surface area (Å²) < 4.78 is 11.9. The van der Waals surface area contributed by atoms with Gasteiger partial charge in [0.25, 0.3) is 0 Å². The molecular formula is C32H46O3Si. The number of hydrogen-bond donors (Lipinski definition) is 0. The molecule has 0 saturated heterocycles. The molecule has 0 spiro atoms. The quantitative estimate of drug-likeness (QED) is 0.214. The second-order valence-electron chi connectivity index (χ2n) is 13.1. The fraction of sp³-hybridized carbons (Fsp3) is 0.531. The molecule has 0 radical (unpaired) electrons. The molecule has 196 valence electrons. The third kappa shape index (κ3) is 6.20. The first kappa shape index (κ1) is 28.4. The van der Waals surface area contributed by atoms with Crippen molar-refractivity contribution >= 4 is 25.9 Å². The summed E-state index contributed by atoms with van der Waals surface area (Å²) in [6.45, 7) is 23.5. The van der Waals surface area contributed by atoms with E-state index in [0.717, 1.165) is 11.1 Å². The number of ether oxygens (including phenoxy) is 1. The molecule has 0 fully saturated rings. The first-order valence-electron chi connectivity index (χ1n) is 13.3. The summed E-state index contributed by atoms with van der Waals surface area (Å²) in [5.41, 5.74) is 7.06. The summed E-state index contributed by atoms with van der Waals surface area (Å²) in [6.07, 6.45) is 4.63. The van der Waals surface area contributed by atoms with Gasteiger partial charge in [-0.3, -0.25) is 0 Å². The summed E-state index contributed by atoms with van der Waals surface area (Å²) in [7, 11) is -1.96. The van der Waals surface area contributed by atoms with Crippen LogP contribution >= 0.6 is 0 Å². The fourth-order valence-electron chi connectivity index (χ4n) is 4.64. The Morgan fingerprint density at radius 1 is 0.944 bits per heavy atom. The molecule has 0 amide bonds. The number of esters is 1. The van der Waals surface area contributed by atoms with E-state index in [9.17, 15) is 4.79 Å². The SMILES string of the molecule is CCOC(=O)c1cccc(C(=Cc2ccc3c(c2)C(C)(C)CCC3(C)C)CO[Si](C)(C)C(C)(C)C)c1. The summed E-state index contributed by atoms with van der Waals surface area (Å²) >= 11 is 0. The molecule has 36 heavy (non-hydrogen) atoms. The summed E-state index contributed by atoms with van der Waals surface area (Å²) in [5, 5.41) is 0.117. The molecule has 2 aromatic carbocycles. The molecule has 0 aromatic heterocycles. The van der Waals surface area contributed by atoms with Crippen LogP contribution in [0.4, 0.5) is 0 Å². The molecule has 4 heteroatoms. The van der Waals surface area contributed by atoms with Crippen LogP contribution < -0.4 is 0 Å². The zero-order valence-electron chi connectivity index (χ0n) is 24.2. The van der Waals surface area contributed by atoms with E-state index in [0.29, 0.717) is 18.8 Å². The van der Waals surface area contributed by atoms with Gasteiger partial charge in [0.15, 0.2) is 8.32 Å². The van der Waals surface area contributed by atoms with Gasteiger partial charge in [0.2, 0.25) is 0 Å². The Labute approximate surface area is 220 Å². The van der Waals surface area contributed by atoms with E-state index < -0.39 is 8.32 Å². The van der Waals surface area contributed by atoms with Crippen molar-refractivity contribution in [3.8, 4) is 0 Å². The summed E-state index contributed by atoms with van der Waals surface area (Å²) in [6, 6.07) is 14.7. The van der Waals surface area contributed by atoms with Crippen LogP contribution in [0, 0.1) is 0 Å². The topological polar surface area (TPSA) is 35.5 Å². The highest BCUT2D eigenvalue weighted by molar-refractivity contribution is 6.74. The third-order valence-corrected chi connectivity index (χ3v) is 12.8. The maximum absolute atomic E-state index is 12.5. The minimum Gasteiger partial charge on any atom is -0.462 e. The van der Waals surface area contributed by atoms with Crippen LogP contribution in [-0.2, 0) is 20.0 Å². The van der Waals surface area contributed by atoms with Gasteiger partial charge in [-0.2, -0.15) is 0 Å². The maximum Gasteiger partial charge on any atom is 0.338 e. The van der Waals surface area contributed by atoms with Gasteiger partial charge in [-0.25, -0.2) is 4.79 Å². The molecule has 3 nitrogen and oxygen atoms in total. The molecular weight excluding hydrogens is 460 g/mol. The zero-order chi connectivity index (χ0) is 26.9. The maximum atomic E-state index is 12.5. The molecule has 1 aliphatic rings. The highest BCUT2D eigenvalue weighted by Crippen LogP contribution is 2.46. The molecule has 3 rings (SSSR count). The van der Waals surface area contributed by atoms with Gasteiger partial charge >= 0.3 is 5.97 Å². The number of fused-ring (bicyclic) bond motifs is 1. The minimum atomic E-state index is -1.96. The molecule has 0 unspecified atom stereocenters. The molecule has 2 aromatic rings. The number of hydrogen-bond acceptors (Lipinski definition) is 3. The van der Waals surface area contributed by atoms with Crippen LogP contribution in [0.5, 0.6) is 0 Å². The zero-order valence-corrected chi connectivity index (χ0v) is 25.2. The largest absolute Gasteiger partial charge is 0.462 e. The van der Waals surface area contributed by atoms with Crippen LogP contribution in [0.1, 0.15) is 101 Å². The Kier molecular flexibility index (Phi) is 8.12. The van der Waals surface area contributed by atoms with Gasteiger partial charge in [0, 0.05) is 0 Å². The smallest absolute Gasteiger partial charge is 0.338 e. The van der Waals surface area contributed by atoms with E-state index in [1.807, 2.05) is 25.1 Å². The number of rotatable bonds is 7. The predicted octanol–water partition coefficient (Wildman–Crippen LogP) is 8.77. The lowest BCUT2D eigenvalue weighted by Gasteiger charge is -2.42. The van der Waals surface area contributed by atoms with Crippen LogP contribution in [0.3, 0.4) is 0 Å². The van der Waals surface area contributed by atoms with Crippen LogP contribution in [-0.4, -0.2) is 27.5 Å². The van der Waals surface area contributed by atoms with E-state index in [-0.39, 0.29) is 21.8 Å². The van der Waals surface area contributed by atoms with Crippen LogP contribution in [0.2, 0.25) is 18.1 Å². The lowest BCUT2D eigenvalue weighted by atomic mass is 9.63. The van der Waals surface area contributed by atoms with Crippen molar-refractivity contribution in [2.75, 3.05) is 13.2 Å². The lowest BCUT2D eigenvalue weighted by Crippen LogP contribution is -2.41. The summed E-state index contributed by atoms with van der Waals surface area (Å²) in [5.74, 6) is -0.290. The van der Waals surface area contributed by atoms with Gasteiger partial charge in [-0.15, -0.1) is 0 Å². The van der Waals surface area contributed by atoms with Crippen molar-refractivity contribution in [2.45, 2.75) is 97.2 Å². The summed E-state index contributed by atoms with van der Waals surface area (Å²) in [4.78, 5) is 12.5. The highest BCUT2D eigenvalue weighted by atomic mass is 28.4. The van der Waals surface area contributed by atoms with Crippen LogP contribution in [0.15, 0.2) is 42.5 Å². The molecule has 0 heterocycles. The molecule has 0 aliphatic heterocycles. The molecule has 0 N–H and O–H groups in total. The fourth-order valence-corrected chi connectivity index (χ4v) is 5.59. The van der Waals surface area contributed by atoms with Crippen molar-refractivity contribution < 1.29 is 14.0 Å². The molecule has 0 saturated carbocycles. The Morgan fingerprint density at radius 2 is 1.56 bits per heavy atom. The second kappa shape index (κ2) is 10.3. The molecule has 0 atom stereocenters.